The van der Waals surface area contributed by atoms with Gasteiger partial charge in [0, 0.05) is 59.7 Å². The van der Waals surface area contributed by atoms with Gasteiger partial charge in [0.2, 0.25) is 0 Å². The van der Waals surface area contributed by atoms with Crippen molar-refractivity contribution < 1.29 is 19.0 Å². The van der Waals surface area contributed by atoms with E-state index in [1.807, 2.05) is 43.6 Å². The summed E-state index contributed by atoms with van der Waals surface area (Å²) in [6.45, 7) is 8.38. The van der Waals surface area contributed by atoms with Crippen LogP contribution in [0.15, 0.2) is 67.1 Å². The molecule has 1 aliphatic rings. The monoisotopic (exact) mass is 662 g/mol. The number of hydrogen-bond acceptors (Lipinski definition) is 7. The van der Waals surface area contributed by atoms with E-state index in [1.165, 1.54) is 6.07 Å². The predicted octanol–water partition coefficient (Wildman–Crippen LogP) is 7.28. The van der Waals surface area contributed by atoms with Gasteiger partial charge in [-0.3, -0.25) is 9.78 Å². The molecule has 0 spiro atoms. The number of pyridine rings is 1. The average molecular weight is 663 g/mol. The van der Waals surface area contributed by atoms with E-state index in [-0.39, 0.29) is 17.7 Å². The van der Waals surface area contributed by atoms with Crippen LogP contribution in [0.4, 0.5) is 4.39 Å². The Labute approximate surface area is 283 Å². The van der Waals surface area contributed by atoms with E-state index in [1.54, 1.807) is 40.8 Å². The number of aromatic nitrogens is 8. The minimum Gasteiger partial charge on any atom is -0.481 e. The summed E-state index contributed by atoms with van der Waals surface area (Å²) in [5.41, 5.74) is 3.40. The molecule has 11 nitrogen and oxygen atoms in total. The minimum atomic E-state index is -0.881. The number of fused-ring (bicyclic) bond motifs is 10. The molecule has 4 aromatic heterocycles. The van der Waals surface area contributed by atoms with Crippen LogP contribution in [-0.4, -0.2) is 50.8 Å². The molecule has 2 atom stereocenters. The van der Waals surface area contributed by atoms with Gasteiger partial charge in [-0.05, 0) is 49.9 Å². The zero-order valence-corrected chi connectivity index (χ0v) is 28.2. The minimum absolute atomic E-state index is 0.0974. The summed E-state index contributed by atoms with van der Waals surface area (Å²) in [5, 5.41) is 24.5. The lowest BCUT2D eigenvalue weighted by molar-refractivity contribution is -0.138. The second kappa shape index (κ2) is 12.2. The Morgan fingerprint density at radius 3 is 2.73 bits per heavy atom. The molecule has 2 N–H and O–H groups in total. The van der Waals surface area contributed by atoms with E-state index >= 15 is 4.39 Å². The normalized spacial score (nSPS) is 18.5. The second-order valence-electron chi connectivity index (χ2n) is 13.9. The lowest BCUT2D eigenvalue weighted by atomic mass is 9.75. The van der Waals surface area contributed by atoms with Gasteiger partial charge < -0.3 is 14.8 Å². The SMILES string of the molecule is CC(C(=O)O)c1cccc([C@@]2(C)CCCCC(C)(C)c3cn(nn3)Cc3c(c(F)cc4[nH]ccc34)Oc3ccnc(c3)-c3nc2nn3C)c1. The van der Waals surface area contributed by atoms with Gasteiger partial charge in [0.05, 0.1) is 23.6 Å². The maximum absolute atomic E-state index is 15.8. The number of aromatic amines is 1. The van der Waals surface area contributed by atoms with Gasteiger partial charge in [0.25, 0.3) is 0 Å². The number of rotatable bonds is 3. The number of hydrogen-bond donors (Lipinski definition) is 2. The number of halogens is 1. The Morgan fingerprint density at radius 1 is 1.10 bits per heavy atom. The number of nitrogens with zero attached hydrogens (tertiary/aromatic N) is 7. The number of carboxylic acid groups (broad SMARTS) is 1. The molecule has 1 unspecified atom stereocenters. The fourth-order valence-electron chi connectivity index (χ4n) is 6.75. The van der Waals surface area contributed by atoms with Crippen LogP contribution < -0.4 is 4.74 Å². The highest BCUT2D eigenvalue weighted by Gasteiger charge is 2.35. The molecule has 2 aromatic carbocycles. The van der Waals surface area contributed by atoms with Crippen LogP contribution in [0.25, 0.3) is 22.4 Å². The van der Waals surface area contributed by atoms with Crippen LogP contribution in [0, 0.1) is 5.82 Å². The largest absolute Gasteiger partial charge is 0.481 e. The van der Waals surface area contributed by atoms with Crippen molar-refractivity contribution in [1.82, 2.24) is 39.7 Å². The summed E-state index contributed by atoms with van der Waals surface area (Å²) >= 11 is 0. The van der Waals surface area contributed by atoms with Gasteiger partial charge >= 0.3 is 5.97 Å². The van der Waals surface area contributed by atoms with E-state index in [9.17, 15) is 9.90 Å². The van der Waals surface area contributed by atoms with Crippen molar-refractivity contribution in [2.45, 2.75) is 76.7 Å². The van der Waals surface area contributed by atoms with E-state index in [0.717, 1.165) is 47.9 Å². The number of nitrogens with one attached hydrogen (secondary N) is 1. The fraction of sp³-hybridized carbons (Fsp3) is 0.351. The number of aryl methyl sites for hydroxylation is 1. The first-order valence-electron chi connectivity index (χ1n) is 16.5. The standard InChI is InChI=1S/C37H39FN8O3/c1-22(34(47)48)23-9-8-10-24(17-23)37(4)14-7-6-13-36(2,3)31-21-46(44-42-31)20-27-26-12-16-39-29(26)19-28(38)32(27)49-25-11-15-40-30(18-25)33-41-35(37)43-45(33)5/h8-12,15-19,21-22,39H,6-7,13-14,20H2,1-5H3,(H,47,48)/t22?,37-/m1/s1. The molecule has 6 aromatic rings. The van der Waals surface area contributed by atoms with E-state index in [2.05, 4.69) is 41.1 Å². The molecule has 5 heterocycles. The molecule has 0 aliphatic carbocycles. The fourth-order valence-corrected chi connectivity index (χ4v) is 6.75. The summed E-state index contributed by atoms with van der Waals surface area (Å²) in [6.07, 6.45) is 8.66. The van der Waals surface area contributed by atoms with Gasteiger partial charge in [0.15, 0.2) is 23.2 Å². The van der Waals surface area contributed by atoms with Crippen molar-refractivity contribution >= 4 is 16.9 Å². The van der Waals surface area contributed by atoms with Gasteiger partial charge in [-0.1, -0.05) is 56.2 Å². The molecule has 0 radical (unpaired) electrons. The van der Waals surface area contributed by atoms with Crippen molar-refractivity contribution in [3.8, 4) is 23.0 Å². The summed E-state index contributed by atoms with van der Waals surface area (Å²) < 4.78 is 25.5. The van der Waals surface area contributed by atoms with Crippen molar-refractivity contribution in [2.75, 3.05) is 0 Å². The Balaban J connectivity index is 1.36. The molecule has 6 bridgehead atoms. The number of benzene rings is 2. The number of carbonyl (C=O) groups is 1. The van der Waals surface area contributed by atoms with Gasteiger partial charge in [-0.15, -0.1) is 5.10 Å². The highest BCUT2D eigenvalue weighted by atomic mass is 19.1. The Bertz CT molecular complexity index is 2180. The van der Waals surface area contributed by atoms with E-state index < -0.39 is 23.1 Å². The summed E-state index contributed by atoms with van der Waals surface area (Å²) in [7, 11) is 1.82. The number of ether oxygens (including phenoxy) is 1. The summed E-state index contributed by atoms with van der Waals surface area (Å²) in [4.78, 5) is 24.6. The van der Waals surface area contributed by atoms with Crippen molar-refractivity contribution in [3.63, 3.8) is 0 Å². The van der Waals surface area contributed by atoms with Crippen LogP contribution >= 0.6 is 0 Å². The van der Waals surface area contributed by atoms with Crippen molar-refractivity contribution in [3.05, 3.63) is 101 Å². The second-order valence-corrected chi connectivity index (χ2v) is 13.9. The van der Waals surface area contributed by atoms with Crippen LogP contribution in [0.2, 0.25) is 0 Å². The quantitative estimate of drug-likeness (QED) is 0.202. The summed E-state index contributed by atoms with van der Waals surface area (Å²) in [5.74, 6) is -0.439. The predicted molar refractivity (Wildman–Crippen MR) is 182 cm³/mol. The maximum atomic E-state index is 15.8. The molecule has 0 saturated carbocycles. The lowest BCUT2D eigenvalue weighted by Gasteiger charge is -2.29. The Kier molecular flexibility index (Phi) is 8.04. The molecular weight excluding hydrogens is 623 g/mol. The third-order valence-electron chi connectivity index (χ3n) is 9.98. The Morgan fingerprint density at radius 2 is 1.92 bits per heavy atom. The van der Waals surface area contributed by atoms with Gasteiger partial charge in [0.1, 0.15) is 11.4 Å². The van der Waals surface area contributed by atoms with Crippen molar-refractivity contribution in [2.24, 2.45) is 7.05 Å². The molecule has 7 rings (SSSR count). The number of H-pyrrole nitrogens is 1. The van der Waals surface area contributed by atoms with Gasteiger partial charge in [-0.25, -0.2) is 18.7 Å². The molecule has 252 valence electrons. The van der Waals surface area contributed by atoms with Crippen LogP contribution in [0.3, 0.4) is 0 Å². The number of carboxylic acids is 1. The topological polar surface area (TPSA) is 137 Å². The highest BCUT2D eigenvalue weighted by molar-refractivity contribution is 5.85. The smallest absolute Gasteiger partial charge is 0.310 e. The molecule has 12 heteroatoms. The first kappa shape index (κ1) is 32.2. The molecular formula is C37H39FN8O3. The Hall–Kier alpha value is -5.39. The lowest BCUT2D eigenvalue weighted by Crippen LogP contribution is -2.26. The van der Waals surface area contributed by atoms with Crippen LogP contribution in [0.1, 0.15) is 87.5 Å². The first-order chi connectivity index (χ1) is 23.4. The van der Waals surface area contributed by atoms with E-state index in [4.69, 9.17) is 14.8 Å². The maximum Gasteiger partial charge on any atom is 0.310 e. The van der Waals surface area contributed by atoms with Crippen LogP contribution in [0.5, 0.6) is 11.5 Å². The molecule has 49 heavy (non-hydrogen) atoms. The van der Waals surface area contributed by atoms with E-state index in [0.29, 0.717) is 34.2 Å². The molecule has 0 saturated heterocycles. The highest BCUT2D eigenvalue weighted by Crippen LogP contribution is 2.40. The average Bonchev–Trinajstić information content (AvgIpc) is 3.84. The molecule has 0 amide bonds. The first-order valence-corrected chi connectivity index (χ1v) is 16.5. The zero-order valence-electron chi connectivity index (χ0n) is 28.2. The third-order valence-corrected chi connectivity index (χ3v) is 9.98. The van der Waals surface area contributed by atoms with Gasteiger partial charge in [-0.2, -0.15) is 5.10 Å². The zero-order chi connectivity index (χ0) is 34.5. The van der Waals surface area contributed by atoms with Crippen molar-refractivity contribution in [1.29, 1.82) is 0 Å². The third kappa shape index (κ3) is 5.96. The molecule has 0 fully saturated rings. The summed E-state index contributed by atoms with van der Waals surface area (Å²) in [6, 6.07) is 14.5. The number of aliphatic carboxylic acids is 1. The van der Waals surface area contributed by atoms with Crippen LogP contribution in [-0.2, 0) is 29.2 Å². The molecule has 1 aliphatic heterocycles.